The van der Waals surface area contributed by atoms with Gasteiger partial charge in [-0.2, -0.15) is 5.10 Å². The Hall–Kier alpha value is -3.22. The molecular formula is C19H20N6O. The molecule has 0 fully saturated rings. The molecule has 7 nitrogen and oxygen atoms in total. The summed E-state index contributed by atoms with van der Waals surface area (Å²) in [6.07, 6.45) is 6.67. The quantitative estimate of drug-likeness (QED) is 0.771. The van der Waals surface area contributed by atoms with Gasteiger partial charge in [0.25, 0.3) is 0 Å². The minimum atomic E-state index is -0.178. The van der Waals surface area contributed by atoms with Gasteiger partial charge in [-0.05, 0) is 43.0 Å². The van der Waals surface area contributed by atoms with E-state index in [9.17, 15) is 4.79 Å². The number of aryl methyl sites for hydroxylation is 2. The Morgan fingerprint density at radius 1 is 1.12 bits per heavy atom. The summed E-state index contributed by atoms with van der Waals surface area (Å²) < 4.78 is 1.71. The minimum Gasteiger partial charge on any atom is -0.294 e. The molecule has 0 bridgehead atoms. The molecule has 26 heavy (non-hydrogen) atoms. The highest BCUT2D eigenvalue weighted by molar-refractivity contribution is 6.01. The maximum Gasteiger partial charge on any atom is 0.327 e. The number of para-hydroxylation sites is 1. The van der Waals surface area contributed by atoms with Crippen molar-refractivity contribution in [3.05, 3.63) is 54.4 Å². The number of nitrogens with one attached hydrogen (secondary N) is 1. The summed E-state index contributed by atoms with van der Waals surface area (Å²) in [5, 5.41) is 15.3. The molecule has 0 atom stereocenters. The first kappa shape index (κ1) is 16.3. The van der Waals surface area contributed by atoms with Gasteiger partial charge >= 0.3 is 6.03 Å². The van der Waals surface area contributed by atoms with Crippen molar-refractivity contribution in [3.63, 3.8) is 0 Å². The van der Waals surface area contributed by atoms with Crippen molar-refractivity contribution >= 4 is 17.5 Å². The van der Waals surface area contributed by atoms with Gasteiger partial charge in [-0.1, -0.05) is 18.2 Å². The fourth-order valence-corrected chi connectivity index (χ4v) is 3.19. The highest BCUT2D eigenvalue weighted by Crippen LogP contribution is 2.26. The Bertz CT molecular complexity index is 918. The van der Waals surface area contributed by atoms with E-state index < -0.39 is 0 Å². The smallest absolute Gasteiger partial charge is 0.294 e. The van der Waals surface area contributed by atoms with Gasteiger partial charge in [0, 0.05) is 31.0 Å². The molecule has 2 aromatic heterocycles. The monoisotopic (exact) mass is 348 g/mol. The number of hydrogen-bond acceptors (Lipinski definition) is 4. The van der Waals surface area contributed by atoms with E-state index in [0.29, 0.717) is 12.4 Å². The van der Waals surface area contributed by atoms with Crippen molar-refractivity contribution in [1.29, 1.82) is 0 Å². The van der Waals surface area contributed by atoms with Crippen LogP contribution in [0.5, 0.6) is 0 Å². The highest BCUT2D eigenvalue weighted by atomic mass is 16.2. The van der Waals surface area contributed by atoms with Gasteiger partial charge in [0.1, 0.15) is 0 Å². The fraction of sp³-hybridized carbons (Fsp3) is 0.263. The van der Waals surface area contributed by atoms with E-state index in [0.717, 1.165) is 36.2 Å². The van der Waals surface area contributed by atoms with Gasteiger partial charge in [-0.15, -0.1) is 10.2 Å². The first-order valence-corrected chi connectivity index (χ1v) is 8.70. The van der Waals surface area contributed by atoms with E-state index in [1.807, 2.05) is 37.5 Å². The second kappa shape index (κ2) is 6.95. The lowest BCUT2D eigenvalue weighted by molar-refractivity contribution is 0.257. The minimum absolute atomic E-state index is 0.178. The Morgan fingerprint density at radius 2 is 2.00 bits per heavy atom. The van der Waals surface area contributed by atoms with E-state index >= 15 is 0 Å². The molecular weight excluding hydrogens is 328 g/mol. The van der Waals surface area contributed by atoms with Crippen LogP contribution in [-0.4, -0.2) is 32.6 Å². The summed E-state index contributed by atoms with van der Waals surface area (Å²) in [6.45, 7) is 0.698. The zero-order valence-electron chi connectivity index (χ0n) is 14.6. The number of nitrogens with zero attached hydrogens (tertiary/aromatic N) is 5. The summed E-state index contributed by atoms with van der Waals surface area (Å²) >= 11 is 0. The largest absolute Gasteiger partial charge is 0.327 e. The predicted molar refractivity (Wildman–Crippen MR) is 100.0 cm³/mol. The third-order valence-electron chi connectivity index (χ3n) is 4.51. The van der Waals surface area contributed by atoms with E-state index in [-0.39, 0.29) is 6.03 Å². The molecule has 132 valence electrons. The fourth-order valence-electron chi connectivity index (χ4n) is 3.19. The van der Waals surface area contributed by atoms with Gasteiger partial charge in [0.2, 0.25) is 0 Å². The van der Waals surface area contributed by atoms with Crippen LogP contribution >= 0.6 is 0 Å². The second-order valence-electron chi connectivity index (χ2n) is 6.37. The van der Waals surface area contributed by atoms with Crippen molar-refractivity contribution in [2.24, 2.45) is 7.05 Å². The average molecular weight is 348 g/mol. The molecule has 3 aromatic rings. The lowest BCUT2D eigenvalue weighted by atomic mass is 10.1. The summed E-state index contributed by atoms with van der Waals surface area (Å²) in [5.41, 5.74) is 3.79. The molecule has 1 N–H and O–H groups in total. The van der Waals surface area contributed by atoms with Crippen molar-refractivity contribution < 1.29 is 4.79 Å². The lowest BCUT2D eigenvalue weighted by Gasteiger charge is -2.22. The van der Waals surface area contributed by atoms with E-state index in [1.54, 1.807) is 21.8 Å². The summed E-state index contributed by atoms with van der Waals surface area (Å²) in [7, 11) is 1.85. The van der Waals surface area contributed by atoms with E-state index in [2.05, 4.69) is 26.7 Å². The topological polar surface area (TPSA) is 75.9 Å². The number of hydrogen-bond donors (Lipinski definition) is 1. The lowest BCUT2D eigenvalue weighted by Crippen LogP contribution is -2.36. The van der Waals surface area contributed by atoms with Crippen molar-refractivity contribution in [2.75, 3.05) is 16.8 Å². The maximum absolute atomic E-state index is 12.8. The predicted octanol–water partition coefficient (Wildman–Crippen LogP) is 3.25. The molecule has 7 heteroatoms. The maximum atomic E-state index is 12.8. The number of carbonyl (C=O) groups excluding carboxylic acids is 1. The molecule has 0 unspecified atom stereocenters. The third-order valence-corrected chi connectivity index (χ3v) is 4.51. The van der Waals surface area contributed by atoms with Crippen LogP contribution in [-0.2, 0) is 13.5 Å². The van der Waals surface area contributed by atoms with Crippen molar-refractivity contribution in [1.82, 2.24) is 20.0 Å². The van der Waals surface area contributed by atoms with Crippen LogP contribution in [0.1, 0.15) is 18.4 Å². The van der Waals surface area contributed by atoms with Gasteiger partial charge in [-0.3, -0.25) is 14.9 Å². The number of carbonyl (C=O) groups is 1. The molecule has 2 amide bonds. The molecule has 4 rings (SSSR count). The first-order valence-electron chi connectivity index (χ1n) is 8.70. The Labute approximate surface area is 151 Å². The van der Waals surface area contributed by atoms with Crippen LogP contribution in [0.15, 0.2) is 48.8 Å². The molecule has 0 saturated carbocycles. The van der Waals surface area contributed by atoms with Crippen molar-refractivity contribution in [2.45, 2.75) is 19.3 Å². The summed E-state index contributed by atoms with van der Waals surface area (Å²) in [4.78, 5) is 14.6. The zero-order valence-corrected chi connectivity index (χ0v) is 14.6. The molecule has 1 aliphatic rings. The number of fused-ring (bicyclic) bond motifs is 1. The molecule has 0 spiro atoms. The van der Waals surface area contributed by atoms with Crippen LogP contribution in [0.25, 0.3) is 11.3 Å². The summed E-state index contributed by atoms with van der Waals surface area (Å²) in [6, 6.07) is 11.5. The van der Waals surface area contributed by atoms with Gasteiger partial charge in [-0.25, -0.2) is 4.79 Å². The number of rotatable bonds is 2. The highest BCUT2D eigenvalue weighted by Gasteiger charge is 2.21. The molecule has 0 radical (unpaired) electrons. The Balaban J connectivity index is 1.51. The number of amides is 2. The Kier molecular flexibility index (Phi) is 4.35. The Morgan fingerprint density at radius 3 is 2.77 bits per heavy atom. The number of aromatic nitrogens is 4. The molecule has 1 aromatic carbocycles. The van der Waals surface area contributed by atoms with Crippen LogP contribution in [0, 0.1) is 0 Å². The molecule has 0 saturated heterocycles. The van der Waals surface area contributed by atoms with E-state index in [4.69, 9.17) is 0 Å². The zero-order chi connectivity index (χ0) is 17.9. The average Bonchev–Trinajstić information content (AvgIpc) is 2.97. The second-order valence-corrected chi connectivity index (χ2v) is 6.37. The normalized spacial score (nSPS) is 13.8. The van der Waals surface area contributed by atoms with Crippen LogP contribution < -0.4 is 10.2 Å². The molecule has 3 heterocycles. The van der Waals surface area contributed by atoms with Gasteiger partial charge < -0.3 is 0 Å². The van der Waals surface area contributed by atoms with Crippen LogP contribution in [0.2, 0.25) is 0 Å². The number of benzene rings is 1. The standard InChI is InChI=1S/C19H20N6O/c1-24-13-15(12-20-24)16-9-10-18(23-22-16)21-19(26)25-11-5-4-7-14-6-2-3-8-17(14)25/h2-3,6,8-10,12-13H,4-5,7,11H2,1H3,(H,21,23,26). The molecule has 0 aliphatic carbocycles. The van der Waals surface area contributed by atoms with Gasteiger partial charge in [0.15, 0.2) is 5.82 Å². The SMILES string of the molecule is Cn1cc(-c2ccc(NC(=O)N3CCCCc4ccccc43)nn2)cn1. The number of urea groups is 1. The van der Waals surface area contributed by atoms with Crippen LogP contribution in [0.3, 0.4) is 0 Å². The van der Waals surface area contributed by atoms with E-state index in [1.165, 1.54) is 5.56 Å². The van der Waals surface area contributed by atoms with Gasteiger partial charge in [0.05, 0.1) is 11.9 Å². The van der Waals surface area contributed by atoms with Crippen molar-refractivity contribution in [3.8, 4) is 11.3 Å². The molecule has 1 aliphatic heterocycles. The number of anilines is 2. The summed E-state index contributed by atoms with van der Waals surface area (Å²) in [5.74, 6) is 0.435. The first-order chi connectivity index (χ1) is 12.7. The third kappa shape index (κ3) is 3.28. The van der Waals surface area contributed by atoms with Crippen LogP contribution in [0.4, 0.5) is 16.3 Å².